The number of nitrogens with two attached hydrogens (primary N) is 1. The summed E-state index contributed by atoms with van der Waals surface area (Å²) in [7, 11) is 1.39. The predicted octanol–water partition coefficient (Wildman–Crippen LogP) is -0.134. The number of ether oxygens (including phenoxy) is 1. The lowest BCUT2D eigenvalue weighted by Gasteiger charge is -2.28. The molecular weight excluding hydrogens is 352 g/mol. The lowest BCUT2D eigenvalue weighted by molar-refractivity contribution is -0.156. The molecule has 1 heterocycles. The Kier molecular flexibility index (Phi) is 8.67. The Morgan fingerprint density at radius 2 is 1.96 bits per heavy atom. The van der Waals surface area contributed by atoms with Crippen molar-refractivity contribution in [3.63, 3.8) is 0 Å². The number of aromatic nitrogens is 1. The Bertz CT molecular complexity index is 665. The largest absolute Gasteiger partial charge is 0.493 e. The van der Waals surface area contributed by atoms with Crippen molar-refractivity contribution in [3.8, 4) is 5.88 Å². The van der Waals surface area contributed by atoms with Crippen LogP contribution >= 0.6 is 0 Å². The number of likely N-dealkylation sites (N-methyl/N-ethyl adjacent to an activating group) is 1. The van der Waals surface area contributed by atoms with E-state index in [-0.39, 0.29) is 18.2 Å². The molecule has 0 saturated heterocycles. The average molecular weight is 380 g/mol. The minimum Gasteiger partial charge on any atom is -0.493 e. The van der Waals surface area contributed by atoms with Gasteiger partial charge in [-0.2, -0.15) is 0 Å². The van der Waals surface area contributed by atoms with Gasteiger partial charge in [0.2, 0.25) is 11.8 Å². The van der Waals surface area contributed by atoms with Gasteiger partial charge in [-0.15, -0.1) is 0 Å². The van der Waals surface area contributed by atoms with Gasteiger partial charge in [-0.25, -0.2) is 4.98 Å². The fourth-order valence-electron chi connectivity index (χ4n) is 2.60. The molecule has 0 radical (unpaired) electrons. The van der Waals surface area contributed by atoms with Crippen LogP contribution in [0.2, 0.25) is 0 Å². The molecule has 2 amide bonds. The molecule has 9 heteroatoms. The van der Waals surface area contributed by atoms with Crippen molar-refractivity contribution in [2.45, 2.75) is 51.8 Å². The number of pyridine rings is 1. The van der Waals surface area contributed by atoms with E-state index in [0.717, 1.165) is 0 Å². The van der Waals surface area contributed by atoms with E-state index < -0.39 is 36.0 Å². The van der Waals surface area contributed by atoms with Gasteiger partial charge >= 0.3 is 5.97 Å². The maximum Gasteiger partial charge on any atom is 0.303 e. The summed E-state index contributed by atoms with van der Waals surface area (Å²) in [5.41, 5.74) is 6.31. The molecule has 0 aromatic carbocycles. The van der Waals surface area contributed by atoms with Crippen LogP contribution in [0.25, 0.3) is 0 Å². The van der Waals surface area contributed by atoms with E-state index in [2.05, 4.69) is 15.6 Å². The summed E-state index contributed by atoms with van der Waals surface area (Å²) in [6.45, 7) is 5.04. The second-order valence-corrected chi connectivity index (χ2v) is 6.69. The second kappa shape index (κ2) is 10.5. The zero-order valence-electron chi connectivity index (χ0n) is 16.1. The highest BCUT2D eigenvalue weighted by Crippen LogP contribution is 2.17. The van der Waals surface area contributed by atoms with E-state index in [4.69, 9.17) is 10.5 Å². The van der Waals surface area contributed by atoms with E-state index in [1.165, 1.54) is 20.2 Å². The van der Waals surface area contributed by atoms with Gasteiger partial charge in [0, 0.05) is 32.2 Å². The zero-order valence-corrected chi connectivity index (χ0v) is 16.1. The highest BCUT2D eigenvalue weighted by molar-refractivity contribution is 5.86. The highest BCUT2D eigenvalue weighted by Gasteiger charge is 2.34. The number of carbonyl (C=O) groups is 3. The molecule has 1 aromatic heterocycles. The number of hydrogen-bond acceptors (Lipinski definition) is 7. The minimum atomic E-state index is -1.29. The Balaban J connectivity index is 3.13. The molecule has 0 aliphatic carbocycles. The van der Waals surface area contributed by atoms with Gasteiger partial charge in [0.05, 0.1) is 12.1 Å². The summed E-state index contributed by atoms with van der Waals surface area (Å²) < 4.78 is 5.13. The van der Waals surface area contributed by atoms with Crippen molar-refractivity contribution in [2.75, 3.05) is 7.05 Å². The minimum absolute atomic E-state index is 0.0190. The Morgan fingerprint density at radius 1 is 1.30 bits per heavy atom. The lowest BCUT2D eigenvalue weighted by Crippen LogP contribution is -2.56. The molecule has 1 unspecified atom stereocenters. The molecule has 0 aliphatic heterocycles. The number of hydrogen-bond donors (Lipinski definition) is 4. The molecule has 9 nitrogen and oxygen atoms in total. The second-order valence-electron chi connectivity index (χ2n) is 6.69. The topological polar surface area (TPSA) is 144 Å². The summed E-state index contributed by atoms with van der Waals surface area (Å²) >= 11 is 0. The van der Waals surface area contributed by atoms with Crippen molar-refractivity contribution in [1.29, 1.82) is 0 Å². The maximum absolute atomic E-state index is 12.5. The average Bonchev–Trinajstić information content (AvgIpc) is 2.59. The quantitative estimate of drug-likeness (QED) is 0.437. The fourth-order valence-corrected chi connectivity index (χ4v) is 2.60. The van der Waals surface area contributed by atoms with Crippen molar-refractivity contribution < 1.29 is 24.2 Å². The van der Waals surface area contributed by atoms with Gasteiger partial charge in [-0.3, -0.25) is 14.4 Å². The molecule has 1 rings (SSSR count). The number of esters is 1. The number of carbonyl (C=O) groups excluding carboxylic acids is 3. The number of nitrogens with one attached hydrogen (secondary N) is 2. The normalized spacial score (nSPS) is 14.1. The van der Waals surface area contributed by atoms with Crippen LogP contribution in [0.15, 0.2) is 18.3 Å². The summed E-state index contributed by atoms with van der Waals surface area (Å²) in [5.74, 6) is -1.77. The van der Waals surface area contributed by atoms with Gasteiger partial charge in [0.25, 0.3) is 5.91 Å². The van der Waals surface area contributed by atoms with Crippen molar-refractivity contribution >= 4 is 17.8 Å². The molecule has 0 aliphatic rings. The molecule has 150 valence electrons. The number of amides is 2. The molecule has 0 fully saturated rings. The molecule has 5 N–H and O–H groups in total. The third kappa shape index (κ3) is 7.22. The van der Waals surface area contributed by atoms with Gasteiger partial charge in [0.15, 0.2) is 6.10 Å². The molecule has 0 spiro atoms. The first-order valence-electron chi connectivity index (χ1n) is 8.73. The monoisotopic (exact) mass is 380 g/mol. The predicted molar refractivity (Wildman–Crippen MR) is 98.6 cm³/mol. The number of rotatable bonds is 9. The lowest BCUT2D eigenvalue weighted by atomic mass is 9.99. The molecule has 27 heavy (non-hydrogen) atoms. The van der Waals surface area contributed by atoms with Crippen LogP contribution in [0, 0.1) is 5.92 Å². The van der Waals surface area contributed by atoms with Gasteiger partial charge in [0.1, 0.15) is 0 Å². The van der Waals surface area contributed by atoms with Gasteiger partial charge in [-0.05, 0) is 18.4 Å². The van der Waals surface area contributed by atoms with Crippen LogP contribution in [-0.4, -0.2) is 53.1 Å². The summed E-state index contributed by atoms with van der Waals surface area (Å²) in [4.78, 5) is 40.0. The van der Waals surface area contributed by atoms with Crippen LogP contribution < -0.4 is 16.4 Å². The van der Waals surface area contributed by atoms with E-state index in [0.29, 0.717) is 12.0 Å². The summed E-state index contributed by atoms with van der Waals surface area (Å²) in [6, 6.07) is 1.50. The fraction of sp³-hybridized carbons (Fsp3) is 0.556. The van der Waals surface area contributed by atoms with E-state index in [1.54, 1.807) is 12.1 Å². The first kappa shape index (κ1) is 22.4. The van der Waals surface area contributed by atoms with Gasteiger partial charge in [-0.1, -0.05) is 19.9 Å². The Morgan fingerprint density at radius 3 is 2.48 bits per heavy atom. The zero-order chi connectivity index (χ0) is 20.6. The Hall–Kier alpha value is -2.68. The summed E-state index contributed by atoms with van der Waals surface area (Å²) in [6.07, 6.45) is 0.593. The van der Waals surface area contributed by atoms with Crippen molar-refractivity contribution in [2.24, 2.45) is 11.7 Å². The van der Waals surface area contributed by atoms with Crippen LogP contribution in [0.4, 0.5) is 0 Å². The third-order valence-corrected chi connectivity index (χ3v) is 3.86. The van der Waals surface area contributed by atoms with Crippen LogP contribution in [0.5, 0.6) is 5.88 Å². The molecule has 3 atom stereocenters. The van der Waals surface area contributed by atoms with Crippen LogP contribution in [0.3, 0.4) is 0 Å². The maximum atomic E-state index is 12.5. The van der Waals surface area contributed by atoms with Crippen LogP contribution in [-0.2, 0) is 25.5 Å². The number of aromatic hydroxyl groups is 1. The molecule has 0 bridgehead atoms. The van der Waals surface area contributed by atoms with Crippen LogP contribution in [0.1, 0.15) is 32.8 Å². The van der Waals surface area contributed by atoms with E-state index in [9.17, 15) is 19.5 Å². The third-order valence-electron chi connectivity index (χ3n) is 3.86. The molecule has 0 saturated carbocycles. The first-order chi connectivity index (χ1) is 12.6. The molecular formula is C18H28N4O5. The van der Waals surface area contributed by atoms with E-state index in [1.807, 2.05) is 13.8 Å². The van der Waals surface area contributed by atoms with Gasteiger partial charge < -0.3 is 26.2 Å². The van der Waals surface area contributed by atoms with Crippen molar-refractivity contribution in [3.05, 3.63) is 23.9 Å². The SMILES string of the molecule is CNC(=O)C(OC(C)=O)[C@H](Cc1cccnc1O)NC(=O)[C@@H](N)CC(C)C. The van der Waals surface area contributed by atoms with E-state index >= 15 is 0 Å². The van der Waals surface area contributed by atoms with Crippen molar-refractivity contribution in [1.82, 2.24) is 15.6 Å². The number of nitrogens with zero attached hydrogens (tertiary/aromatic N) is 1. The highest BCUT2D eigenvalue weighted by atomic mass is 16.5. The molecule has 1 aromatic rings. The first-order valence-corrected chi connectivity index (χ1v) is 8.73. The standard InChI is InChI=1S/C18H28N4O5/c1-10(2)8-13(19)17(25)22-14(9-12-6-5-7-21-16(12)24)15(18(26)20-4)27-11(3)23/h5-7,10,13-15H,8-9,19H2,1-4H3,(H,20,26)(H,21,24)(H,22,25)/t13-,14-,15?/m0/s1. The summed E-state index contributed by atoms with van der Waals surface area (Å²) in [5, 5.41) is 15.0. The Labute approximate surface area is 158 Å². The smallest absolute Gasteiger partial charge is 0.303 e.